The molecule has 1 heterocycles. The van der Waals surface area contributed by atoms with Crippen LogP contribution in [-0.2, 0) is 22.6 Å². The van der Waals surface area contributed by atoms with Gasteiger partial charge in [0.25, 0.3) is 0 Å². The van der Waals surface area contributed by atoms with Crippen LogP contribution in [0.25, 0.3) is 0 Å². The molecular formula is C34H41FN2O7. The van der Waals surface area contributed by atoms with Gasteiger partial charge in [0.15, 0.2) is 11.5 Å². The van der Waals surface area contributed by atoms with Crippen molar-refractivity contribution >= 4 is 11.8 Å². The number of aliphatic hydroxyl groups excluding tert-OH is 3. The Kier molecular flexibility index (Phi) is 8.94. The number of amides is 2. The van der Waals surface area contributed by atoms with E-state index in [1.54, 1.807) is 35.2 Å². The molecule has 2 aromatic carbocycles. The van der Waals surface area contributed by atoms with Crippen molar-refractivity contribution in [2.45, 2.75) is 69.3 Å². The van der Waals surface area contributed by atoms with E-state index in [1.165, 1.54) is 25.7 Å². The fourth-order valence-corrected chi connectivity index (χ4v) is 7.97. The lowest BCUT2D eigenvalue weighted by Crippen LogP contribution is -2.56. The van der Waals surface area contributed by atoms with E-state index in [4.69, 9.17) is 9.47 Å². The van der Waals surface area contributed by atoms with Gasteiger partial charge in [0.05, 0.1) is 32.3 Å². The van der Waals surface area contributed by atoms with Crippen LogP contribution < -0.4 is 14.8 Å². The van der Waals surface area contributed by atoms with Gasteiger partial charge in [0, 0.05) is 30.6 Å². The van der Waals surface area contributed by atoms with Crippen molar-refractivity contribution in [2.75, 3.05) is 26.8 Å². The van der Waals surface area contributed by atoms with Crippen LogP contribution in [0, 0.1) is 23.6 Å². The molecule has 7 atom stereocenters. The highest BCUT2D eigenvalue weighted by molar-refractivity contribution is 5.96. The van der Waals surface area contributed by atoms with Gasteiger partial charge in [-0.15, -0.1) is 0 Å². The molecule has 2 bridgehead atoms. The van der Waals surface area contributed by atoms with Crippen LogP contribution in [0.15, 0.2) is 48.0 Å². The SMILES string of the molecule is COc1cc(CO)cc2c1OC1C2C(C(=O)NCCO)=CC(N(CCc2cccc(F)c2)C(=O)CC2CC3CCC2C3)C1O. The highest BCUT2D eigenvalue weighted by Crippen LogP contribution is 2.52. The van der Waals surface area contributed by atoms with Gasteiger partial charge < -0.3 is 35.0 Å². The number of carbonyl (C=O) groups excluding carboxylic acids is 2. The third kappa shape index (κ3) is 5.82. The molecule has 7 unspecified atom stereocenters. The van der Waals surface area contributed by atoms with Crippen molar-refractivity contribution in [1.29, 1.82) is 0 Å². The summed E-state index contributed by atoms with van der Waals surface area (Å²) in [5, 5.41) is 33.9. The predicted octanol–water partition coefficient (Wildman–Crippen LogP) is 2.85. The largest absolute Gasteiger partial charge is 0.493 e. The number of hydrogen-bond acceptors (Lipinski definition) is 7. The van der Waals surface area contributed by atoms with Gasteiger partial charge in [-0.2, -0.15) is 0 Å². The molecule has 44 heavy (non-hydrogen) atoms. The minimum Gasteiger partial charge on any atom is -0.493 e. The maximum atomic E-state index is 14.1. The molecule has 2 saturated carbocycles. The summed E-state index contributed by atoms with van der Waals surface area (Å²) < 4.78 is 25.9. The Morgan fingerprint density at radius 3 is 2.66 bits per heavy atom. The topological polar surface area (TPSA) is 129 Å². The standard InChI is InChI=1S/C34H41FN2O7/c1-43-28-15-21(18-39)14-25-30-26(34(42)36-8-10-38)17-27(31(41)33(30)44-32(25)28)37(9-7-19-3-2-4-24(35)13-19)29(40)16-23-12-20-5-6-22(23)11-20/h2-4,13-15,17,20,22-23,27,30-31,33,38-39,41H,5-12,16,18H2,1H3,(H,36,42). The Morgan fingerprint density at radius 2 is 1.98 bits per heavy atom. The molecule has 0 radical (unpaired) electrons. The zero-order valence-electron chi connectivity index (χ0n) is 25.0. The van der Waals surface area contributed by atoms with E-state index in [9.17, 15) is 29.3 Å². The van der Waals surface area contributed by atoms with Gasteiger partial charge in [0.1, 0.15) is 18.0 Å². The first-order valence-corrected chi connectivity index (χ1v) is 15.6. The van der Waals surface area contributed by atoms with E-state index >= 15 is 0 Å². The minimum atomic E-state index is -1.19. The number of nitrogens with zero attached hydrogens (tertiary/aromatic N) is 1. The minimum absolute atomic E-state index is 0.0287. The molecule has 1 aliphatic heterocycles. The summed E-state index contributed by atoms with van der Waals surface area (Å²) in [4.78, 5) is 29.4. The first-order chi connectivity index (χ1) is 21.3. The summed E-state index contributed by atoms with van der Waals surface area (Å²) in [6.07, 6.45) is 4.82. The van der Waals surface area contributed by atoms with E-state index in [-0.39, 0.29) is 43.9 Å². The van der Waals surface area contributed by atoms with Crippen LogP contribution in [0.1, 0.15) is 54.7 Å². The monoisotopic (exact) mass is 608 g/mol. The average molecular weight is 609 g/mol. The molecular weight excluding hydrogens is 567 g/mol. The first kappa shape index (κ1) is 30.6. The van der Waals surface area contributed by atoms with Gasteiger partial charge in [-0.05, 0) is 84.9 Å². The second kappa shape index (κ2) is 12.9. The molecule has 2 fully saturated rings. The van der Waals surface area contributed by atoms with Crippen molar-refractivity contribution in [1.82, 2.24) is 10.2 Å². The van der Waals surface area contributed by atoms with Gasteiger partial charge in [-0.3, -0.25) is 9.59 Å². The highest BCUT2D eigenvalue weighted by atomic mass is 19.1. The summed E-state index contributed by atoms with van der Waals surface area (Å²) in [6, 6.07) is 8.76. The lowest BCUT2D eigenvalue weighted by molar-refractivity contribution is -0.138. The summed E-state index contributed by atoms with van der Waals surface area (Å²) in [6.45, 7) is -0.264. The Balaban J connectivity index is 1.37. The number of fused-ring (bicyclic) bond motifs is 5. The number of nitrogens with one attached hydrogen (secondary N) is 1. The van der Waals surface area contributed by atoms with Crippen LogP contribution in [0.4, 0.5) is 4.39 Å². The molecule has 4 N–H and O–H groups in total. The normalized spacial score (nSPS) is 28.1. The molecule has 2 aromatic rings. The molecule has 10 heteroatoms. The summed E-state index contributed by atoms with van der Waals surface area (Å²) in [5.41, 5.74) is 2.19. The van der Waals surface area contributed by atoms with Gasteiger partial charge in [0.2, 0.25) is 11.8 Å². The van der Waals surface area contributed by atoms with Crippen molar-refractivity contribution in [3.63, 3.8) is 0 Å². The van der Waals surface area contributed by atoms with Crippen LogP contribution in [0.5, 0.6) is 11.5 Å². The number of rotatable bonds is 11. The van der Waals surface area contributed by atoms with Gasteiger partial charge in [-0.1, -0.05) is 18.6 Å². The molecule has 0 spiro atoms. The molecule has 0 aromatic heterocycles. The van der Waals surface area contributed by atoms with Crippen LogP contribution >= 0.6 is 0 Å². The van der Waals surface area contributed by atoms with Crippen molar-refractivity contribution in [3.8, 4) is 11.5 Å². The predicted molar refractivity (Wildman–Crippen MR) is 159 cm³/mol. The number of ether oxygens (including phenoxy) is 2. The second-order valence-electron chi connectivity index (χ2n) is 12.6. The molecule has 4 aliphatic rings. The van der Waals surface area contributed by atoms with Crippen LogP contribution in [0.3, 0.4) is 0 Å². The number of hydrogen-bond donors (Lipinski definition) is 4. The summed E-state index contributed by atoms with van der Waals surface area (Å²) in [5.74, 6) is 0.632. The maximum absolute atomic E-state index is 14.1. The van der Waals surface area contributed by atoms with Crippen molar-refractivity contribution < 1.29 is 38.8 Å². The maximum Gasteiger partial charge on any atom is 0.247 e. The van der Waals surface area contributed by atoms with E-state index in [0.717, 1.165) is 24.8 Å². The third-order valence-corrected chi connectivity index (χ3v) is 10.0. The van der Waals surface area contributed by atoms with Crippen molar-refractivity contribution in [3.05, 3.63) is 70.6 Å². The molecule has 6 rings (SSSR count). The summed E-state index contributed by atoms with van der Waals surface area (Å²) >= 11 is 0. The number of methoxy groups -OCH3 is 1. The van der Waals surface area contributed by atoms with Gasteiger partial charge >= 0.3 is 0 Å². The zero-order valence-corrected chi connectivity index (χ0v) is 25.0. The summed E-state index contributed by atoms with van der Waals surface area (Å²) in [7, 11) is 1.48. The molecule has 0 saturated heterocycles. The lowest BCUT2D eigenvalue weighted by Gasteiger charge is -2.41. The molecule has 2 amide bonds. The third-order valence-electron chi connectivity index (χ3n) is 10.0. The number of aliphatic hydroxyl groups is 3. The van der Waals surface area contributed by atoms with E-state index in [0.29, 0.717) is 52.9 Å². The zero-order chi connectivity index (χ0) is 31.0. The Morgan fingerprint density at radius 1 is 1.14 bits per heavy atom. The fraction of sp³-hybridized carbons (Fsp3) is 0.529. The second-order valence-corrected chi connectivity index (χ2v) is 12.6. The Labute approximate surface area is 256 Å². The molecule has 3 aliphatic carbocycles. The van der Waals surface area contributed by atoms with Crippen LogP contribution in [0.2, 0.25) is 0 Å². The number of halogens is 1. The van der Waals surface area contributed by atoms with Gasteiger partial charge in [-0.25, -0.2) is 4.39 Å². The Bertz CT molecular complexity index is 1430. The Hall–Kier alpha value is -3.47. The van der Waals surface area contributed by atoms with E-state index in [1.807, 2.05) is 0 Å². The van der Waals surface area contributed by atoms with Crippen molar-refractivity contribution in [2.24, 2.45) is 17.8 Å². The number of carbonyl (C=O) groups is 2. The molecule has 9 nitrogen and oxygen atoms in total. The molecule has 236 valence electrons. The lowest BCUT2D eigenvalue weighted by atomic mass is 9.77. The highest BCUT2D eigenvalue weighted by Gasteiger charge is 2.52. The average Bonchev–Trinajstić information content (AvgIpc) is 3.75. The number of benzene rings is 2. The fourth-order valence-electron chi connectivity index (χ4n) is 7.97. The van der Waals surface area contributed by atoms with E-state index < -0.39 is 30.1 Å². The first-order valence-electron chi connectivity index (χ1n) is 15.6. The smallest absolute Gasteiger partial charge is 0.247 e. The van der Waals surface area contributed by atoms with Crippen LogP contribution in [-0.4, -0.2) is 77.1 Å². The quantitative estimate of drug-likeness (QED) is 0.309. The van der Waals surface area contributed by atoms with E-state index in [2.05, 4.69) is 5.32 Å².